The fourth-order valence-corrected chi connectivity index (χ4v) is 4.60. The minimum Gasteiger partial charge on any atom is -0.354 e. The molecular weight excluding hydrogens is 477 g/mol. The molecule has 0 spiro atoms. The summed E-state index contributed by atoms with van der Waals surface area (Å²) in [5.74, 6) is 2.68. The lowest BCUT2D eigenvalue weighted by Crippen LogP contribution is -2.52. The van der Waals surface area contributed by atoms with Crippen LogP contribution >= 0.6 is 24.0 Å². The predicted molar refractivity (Wildman–Crippen MR) is 126 cm³/mol. The lowest BCUT2D eigenvalue weighted by atomic mass is 9.96. The Morgan fingerprint density at radius 3 is 2.41 bits per heavy atom. The fourth-order valence-electron chi connectivity index (χ4n) is 4.60. The second kappa shape index (κ2) is 9.88. The summed E-state index contributed by atoms with van der Waals surface area (Å²) in [7, 11) is 3.82. The van der Waals surface area contributed by atoms with Gasteiger partial charge in [0.1, 0.15) is 5.82 Å². The first-order chi connectivity index (χ1) is 13.6. The van der Waals surface area contributed by atoms with Crippen molar-refractivity contribution in [2.75, 3.05) is 7.05 Å². The molecule has 0 saturated carbocycles. The molecule has 2 aliphatic heterocycles. The van der Waals surface area contributed by atoms with Gasteiger partial charge in [-0.3, -0.25) is 9.89 Å². The number of guanidine groups is 1. The minimum absolute atomic E-state index is 0. The van der Waals surface area contributed by atoms with Gasteiger partial charge in [0.2, 0.25) is 0 Å². The third-order valence-electron chi connectivity index (χ3n) is 6.25. The Morgan fingerprint density at radius 1 is 1.14 bits per heavy atom. The number of aryl methyl sites for hydroxylation is 1. The molecule has 29 heavy (non-hydrogen) atoms. The molecule has 3 heterocycles. The molecule has 4 rings (SSSR count). The van der Waals surface area contributed by atoms with E-state index in [-0.39, 0.29) is 24.0 Å². The second-order valence-electron chi connectivity index (χ2n) is 8.00. The van der Waals surface area contributed by atoms with Crippen molar-refractivity contribution < 1.29 is 0 Å². The maximum atomic E-state index is 4.41. The van der Waals surface area contributed by atoms with Crippen molar-refractivity contribution in [2.24, 2.45) is 12.0 Å². The van der Waals surface area contributed by atoms with E-state index in [1.165, 1.54) is 31.2 Å². The molecule has 0 aliphatic carbocycles. The third kappa shape index (κ3) is 5.09. The van der Waals surface area contributed by atoms with Gasteiger partial charge in [-0.05, 0) is 38.2 Å². The van der Waals surface area contributed by atoms with Gasteiger partial charge in [-0.25, -0.2) is 0 Å². The summed E-state index contributed by atoms with van der Waals surface area (Å²) < 4.78 is 2.00. The molecule has 7 nitrogen and oxygen atoms in total. The van der Waals surface area contributed by atoms with E-state index in [1.807, 2.05) is 25.6 Å². The number of nitrogens with one attached hydrogen (secondary N) is 2. The number of hydrogen-bond donors (Lipinski definition) is 2. The summed E-state index contributed by atoms with van der Waals surface area (Å²) in [6, 6.07) is 12.6. The van der Waals surface area contributed by atoms with Gasteiger partial charge < -0.3 is 15.2 Å². The summed E-state index contributed by atoms with van der Waals surface area (Å²) in [6.45, 7) is 3.65. The van der Waals surface area contributed by atoms with Crippen LogP contribution in [0.4, 0.5) is 0 Å². The number of benzene rings is 1. The van der Waals surface area contributed by atoms with Crippen molar-refractivity contribution in [3.05, 3.63) is 47.5 Å². The van der Waals surface area contributed by atoms with E-state index >= 15 is 0 Å². The molecule has 2 fully saturated rings. The van der Waals surface area contributed by atoms with Gasteiger partial charge in [0.05, 0.1) is 6.54 Å². The van der Waals surface area contributed by atoms with E-state index in [2.05, 4.69) is 61.1 Å². The molecule has 0 amide bonds. The number of aliphatic imine (C=N–C) groups is 1. The molecule has 2 N–H and O–H groups in total. The van der Waals surface area contributed by atoms with Crippen LogP contribution in [0.1, 0.15) is 42.9 Å². The molecule has 2 bridgehead atoms. The van der Waals surface area contributed by atoms with Crippen molar-refractivity contribution in [3.63, 3.8) is 0 Å². The molecule has 8 heteroatoms. The van der Waals surface area contributed by atoms with Crippen molar-refractivity contribution in [3.8, 4) is 0 Å². The number of rotatable bonds is 5. The van der Waals surface area contributed by atoms with Gasteiger partial charge in [0.15, 0.2) is 11.8 Å². The topological polar surface area (TPSA) is 70.4 Å². The highest BCUT2D eigenvalue weighted by Crippen LogP contribution is 2.36. The van der Waals surface area contributed by atoms with Gasteiger partial charge in [-0.2, -0.15) is 0 Å². The zero-order valence-corrected chi connectivity index (χ0v) is 19.8. The zero-order valence-electron chi connectivity index (χ0n) is 17.5. The number of piperidine rings is 1. The summed E-state index contributed by atoms with van der Waals surface area (Å²) in [5.41, 5.74) is 1.42. The first-order valence-corrected chi connectivity index (χ1v) is 10.3. The number of nitrogens with zero attached hydrogens (tertiary/aromatic N) is 5. The van der Waals surface area contributed by atoms with Gasteiger partial charge in [-0.1, -0.05) is 30.3 Å². The minimum atomic E-state index is 0. The Hall–Kier alpha value is -1.68. The molecule has 0 radical (unpaired) electrons. The van der Waals surface area contributed by atoms with Crippen LogP contribution in [0.2, 0.25) is 0 Å². The molecule has 2 unspecified atom stereocenters. The maximum absolute atomic E-state index is 4.41. The highest BCUT2D eigenvalue weighted by atomic mass is 127. The van der Waals surface area contributed by atoms with Crippen LogP contribution < -0.4 is 10.6 Å². The molecule has 2 aliphatic rings. The van der Waals surface area contributed by atoms with Crippen LogP contribution in [0, 0.1) is 6.92 Å². The number of halogens is 1. The van der Waals surface area contributed by atoms with E-state index in [4.69, 9.17) is 0 Å². The average Bonchev–Trinajstić information content (AvgIpc) is 3.14. The van der Waals surface area contributed by atoms with Gasteiger partial charge >= 0.3 is 0 Å². The van der Waals surface area contributed by atoms with E-state index in [1.54, 1.807) is 0 Å². The molecule has 2 aromatic rings. The molecular formula is C21H32IN7. The van der Waals surface area contributed by atoms with Crippen LogP contribution in [0.5, 0.6) is 0 Å². The molecule has 158 valence electrons. The molecule has 1 aromatic heterocycles. The lowest BCUT2D eigenvalue weighted by molar-refractivity contribution is 0.114. The normalized spacial score (nSPS) is 24.2. The standard InChI is InChI=1S/C21H31N7.HI/c1-15-25-26-20(27(15)3)13-23-21(22-2)24-17-11-18-9-10-19(12-17)28(18)14-16-7-5-4-6-8-16;/h4-8,17-19H,9-14H2,1-3H3,(H2,22,23,24);1H. The van der Waals surface area contributed by atoms with Gasteiger partial charge in [-0.15, -0.1) is 34.2 Å². The van der Waals surface area contributed by atoms with Crippen LogP contribution in [-0.2, 0) is 20.1 Å². The Labute approximate surface area is 190 Å². The monoisotopic (exact) mass is 509 g/mol. The Bertz CT molecular complexity index is 806. The molecule has 1 aromatic carbocycles. The van der Waals surface area contributed by atoms with Gasteiger partial charge in [0, 0.05) is 38.8 Å². The number of fused-ring (bicyclic) bond motifs is 2. The Balaban J connectivity index is 0.00000240. The van der Waals surface area contributed by atoms with Crippen molar-refractivity contribution >= 4 is 29.9 Å². The van der Waals surface area contributed by atoms with Crippen molar-refractivity contribution in [1.82, 2.24) is 30.3 Å². The Kier molecular flexibility index (Phi) is 7.50. The fraction of sp³-hybridized carbons (Fsp3) is 0.571. The first-order valence-electron chi connectivity index (χ1n) is 10.3. The molecule has 2 atom stereocenters. The Morgan fingerprint density at radius 2 is 1.83 bits per heavy atom. The summed E-state index contributed by atoms with van der Waals surface area (Å²) in [6.07, 6.45) is 4.96. The van der Waals surface area contributed by atoms with Crippen LogP contribution in [0.25, 0.3) is 0 Å². The van der Waals surface area contributed by atoms with Crippen LogP contribution in [0.15, 0.2) is 35.3 Å². The number of aromatic nitrogens is 3. The lowest BCUT2D eigenvalue weighted by Gasteiger charge is -2.39. The van der Waals surface area contributed by atoms with E-state index in [0.717, 1.165) is 24.2 Å². The zero-order chi connectivity index (χ0) is 19.5. The van der Waals surface area contributed by atoms with Gasteiger partial charge in [0.25, 0.3) is 0 Å². The van der Waals surface area contributed by atoms with E-state index < -0.39 is 0 Å². The van der Waals surface area contributed by atoms with Crippen LogP contribution in [0.3, 0.4) is 0 Å². The predicted octanol–water partition coefficient (Wildman–Crippen LogP) is 2.60. The highest BCUT2D eigenvalue weighted by Gasteiger charge is 2.40. The van der Waals surface area contributed by atoms with E-state index in [0.29, 0.717) is 24.7 Å². The summed E-state index contributed by atoms with van der Waals surface area (Å²) in [4.78, 5) is 7.13. The highest BCUT2D eigenvalue weighted by molar-refractivity contribution is 14.0. The quantitative estimate of drug-likeness (QED) is 0.369. The summed E-state index contributed by atoms with van der Waals surface area (Å²) in [5, 5.41) is 15.4. The first kappa shape index (κ1) is 22.0. The van der Waals surface area contributed by atoms with E-state index in [9.17, 15) is 0 Å². The van der Waals surface area contributed by atoms with Crippen molar-refractivity contribution in [2.45, 2.75) is 63.8 Å². The van der Waals surface area contributed by atoms with Crippen LogP contribution in [-0.4, -0.2) is 50.8 Å². The average molecular weight is 509 g/mol. The third-order valence-corrected chi connectivity index (χ3v) is 6.25. The maximum Gasteiger partial charge on any atom is 0.191 e. The number of hydrogen-bond acceptors (Lipinski definition) is 4. The SMILES string of the molecule is CN=C(NCc1nnc(C)n1C)NC1CC2CCC(C1)N2Cc1ccccc1.I. The second-order valence-corrected chi connectivity index (χ2v) is 8.00. The largest absolute Gasteiger partial charge is 0.354 e. The molecule has 2 saturated heterocycles. The smallest absolute Gasteiger partial charge is 0.191 e. The summed E-state index contributed by atoms with van der Waals surface area (Å²) >= 11 is 0. The van der Waals surface area contributed by atoms with Crippen molar-refractivity contribution in [1.29, 1.82) is 0 Å².